The molecule has 1 aromatic rings. The Labute approximate surface area is 82.4 Å². The zero-order valence-corrected chi connectivity index (χ0v) is 8.37. The second kappa shape index (κ2) is 5.39. The van der Waals surface area contributed by atoms with Gasteiger partial charge in [-0.25, -0.2) is 0 Å². The lowest BCUT2D eigenvalue weighted by atomic mass is 10.2. The molecular formula is C9H14N2O3. The van der Waals surface area contributed by atoms with Crippen LogP contribution in [0.25, 0.3) is 0 Å². The van der Waals surface area contributed by atoms with E-state index in [0.29, 0.717) is 24.5 Å². The Morgan fingerprint density at radius 2 is 2.50 bits per heavy atom. The number of hydrogen-bond acceptors (Lipinski definition) is 4. The molecule has 0 spiro atoms. The van der Waals surface area contributed by atoms with Gasteiger partial charge in [-0.3, -0.25) is 4.79 Å². The van der Waals surface area contributed by atoms with Crippen molar-refractivity contribution in [1.29, 1.82) is 0 Å². The number of nitrogens with zero attached hydrogens (tertiary/aromatic N) is 1. The number of carbonyl (C=O) groups is 1. The summed E-state index contributed by atoms with van der Waals surface area (Å²) in [6.45, 7) is 2.94. The zero-order valence-electron chi connectivity index (χ0n) is 8.37. The Morgan fingerprint density at radius 3 is 3.07 bits per heavy atom. The van der Waals surface area contributed by atoms with Gasteiger partial charge in [0, 0.05) is 20.3 Å². The van der Waals surface area contributed by atoms with E-state index in [0.717, 1.165) is 6.42 Å². The van der Waals surface area contributed by atoms with Gasteiger partial charge in [-0.1, -0.05) is 5.16 Å². The molecule has 5 heteroatoms. The summed E-state index contributed by atoms with van der Waals surface area (Å²) in [7, 11) is 1.63. The molecule has 0 aliphatic rings. The van der Waals surface area contributed by atoms with Gasteiger partial charge in [0.15, 0.2) is 0 Å². The van der Waals surface area contributed by atoms with E-state index in [9.17, 15) is 4.79 Å². The van der Waals surface area contributed by atoms with Gasteiger partial charge in [-0.15, -0.1) is 0 Å². The minimum absolute atomic E-state index is 0.153. The molecular weight excluding hydrogens is 184 g/mol. The van der Waals surface area contributed by atoms with Gasteiger partial charge in [-0.2, -0.15) is 0 Å². The molecule has 78 valence electrons. The quantitative estimate of drug-likeness (QED) is 0.709. The van der Waals surface area contributed by atoms with Crippen molar-refractivity contribution in [1.82, 2.24) is 10.5 Å². The van der Waals surface area contributed by atoms with Gasteiger partial charge in [-0.05, 0) is 13.3 Å². The van der Waals surface area contributed by atoms with Crippen molar-refractivity contribution in [2.45, 2.75) is 13.3 Å². The Bertz CT molecular complexity index is 296. The van der Waals surface area contributed by atoms with E-state index < -0.39 is 0 Å². The zero-order chi connectivity index (χ0) is 10.4. The summed E-state index contributed by atoms with van der Waals surface area (Å²) in [6.07, 6.45) is 2.22. The van der Waals surface area contributed by atoms with E-state index in [4.69, 9.17) is 9.26 Å². The Hall–Kier alpha value is -1.36. The minimum Gasteiger partial charge on any atom is -0.385 e. The van der Waals surface area contributed by atoms with Crippen LogP contribution in [-0.2, 0) is 4.74 Å². The van der Waals surface area contributed by atoms with E-state index >= 15 is 0 Å². The predicted molar refractivity (Wildman–Crippen MR) is 50.1 cm³/mol. The van der Waals surface area contributed by atoms with Crippen molar-refractivity contribution in [3.05, 3.63) is 17.5 Å². The molecule has 1 heterocycles. The fourth-order valence-corrected chi connectivity index (χ4v) is 1.03. The van der Waals surface area contributed by atoms with E-state index in [1.165, 1.54) is 6.20 Å². The molecule has 1 rings (SSSR count). The van der Waals surface area contributed by atoms with Crippen LogP contribution in [-0.4, -0.2) is 31.3 Å². The molecule has 0 bridgehead atoms. The summed E-state index contributed by atoms with van der Waals surface area (Å²) < 4.78 is 9.63. The molecule has 0 aliphatic heterocycles. The fourth-order valence-electron chi connectivity index (χ4n) is 1.03. The maximum atomic E-state index is 11.4. The second-order valence-corrected chi connectivity index (χ2v) is 2.90. The molecule has 1 amide bonds. The van der Waals surface area contributed by atoms with Gasteiger partial charge in [0.1, 0.15) is 11.3 Å². The molecule has 0 unspecified atom stereocenters. The van der Waals surface area contributed by atoms with Crippen LogP contribution in [0.1, 0.15) is 22.5 Å². The highest BCUT2D eigenvalue weighted by molar-refractivity contribution is 5.94. The third-order valence-electron chi connectivity index (χ3n) is 1.81. The number of nitrogens with one attached hydrogen (secondary N) is 1. The van der Waals surface area contributed by atoms with Gasteiger partial charge >= 0.3 is 0 Å². The molecule has 0 radical (unpaired) electrons. The highest BCUT2D eigenvalue weighted by Gasteiger charge is 2.11. The van der Waals surface area contributed by atoms with Crippen molar-refractivity contribution < 1.29 is 14.1 Å². The van der Waals surface area contributed by atoms with Crippen LogP contribution >= 0.6 is 0 Å². The first-order valence-corrected chi connectivity index (χ1v) is 4.44. The van der Waals surface area contributed by atoms with Crippen molar-refractivity contribution in [3.8, 4) is 0 Å². The van der Waals surface area contributed by atoms with Crippen LogP contribution in [0.15, 0.2) is 10.7 Å². The van der Waals surface area contributed by atoms with Gasteiger partial charge in [0.25, 0.3) is 5.91 Å². The first-order valence-electron chi connectivity index (χ1n) is 4.44. The van der Waals surface area contributed by atoms with Crippen LogP contribution in [0.4, 0.5) is 0 Å². The number of ether oxygens (including phenoxy) is 1. The first-order chi connectivity index (χ1) is 6.75. The van der Waals surface area contributed by atoms with Crippen LogP contribution in [0.5, 0.6) is 0 Å². The average molecular weight is 198 g/mol. The number of aromatic nitrogens is 1. The summed E-state index contributed by atoms with van der Waals surface area (Å²) in [6, 6.07) is 0. The van der Waals surface area contributed by atoms with Crippen LogP contribution in [0.2, 0.25) is 0 Å². The van der Waals surface area contributed by atoms with E-state index in [2.05, 4.69) is 10.5 Å². The van der Waals surface area contributed by atoms with Crippen molar-refractivity contribution in [2.75, 3.05) is 20.3 Å². The van der Waals surface area contributed by atoms with Crippen molar-refractivity contribution >= 4 is 5.91 Å². The third kappa shape index (κ3) is 2.85. The third-order valence-corrected chi connectivity index (χ3v) is 1.81. The highest BCUT2D eigenvalue weighted by atomic mass is 16.5. The number of aryl methyl sites for hydroxylation is 1. The minimum atomic E-state index is -0.153. The maximum absolute atomic E-state index is 11.4. The van der Waals surface area contributed by atoms with E-state index in [1.807, 2.05) is 0 Å². The molecule has 0 aromatic carbocycles. The smallest absolute Gasteiger partial charge is 0.256 e. The fraction of sp³-hybridized carbons (Fsp3) is 0.556. The summed E-state index contributed by atoms with van der Waals surface area (Å²) in [4.78, 5) is 11.4. The summed E-state index contributed by atoms with van der Waals surface area (Å²) in [5.41, 5.74) is 0.488. The van der Waals surface area contributed by atoms with E-state index in [-0.39, 0.29) is 5.91 Å². The summed E-state index contributed by atoms with van der Waals surface area (Å²) in [5, 5.41) is 6.27. The summed E-state index contributed by atoms with van der Waals surface area (Å²) >= 11 is 0. The molecule has 0 fully saturated rings. The topological polar surface area (TPSA) is 64.4 Å². The lowest BCUT2D eigenvalue weighted by Crippen LogP contribution is -2.25. The lowest BCUT2D eigenvalue weighted by Gasteiger charge is -2.02. The summed E-state index contributed by atoms with van der Waals surface area (Å²) in [5.74, 6) is 0.383. The number of carbonyl (C=O) groups excluding carboxylic acids is 1. The van der Waals surface area contributed by atoms with Crippen LogP contribution < -0.4 is 5.32 Å². The standard InChI is InChI=1S/C9H14N2O3/c1-7-8(6-11-14-7)9(12)10-4-3-5-13-2/h6H,3-5H2,1-2H3,(H,10,12). The molecule has 14 heavy (non-hydrogen) atoms. The lowest BCUT2D eigenvalue weighted by molar-refractivity contribution is 0.0947. The van der Waals surface area contributed by atoms with Crippen LogP contribution in [0, 0.1) is 6.92 Å². The highest BCUT2D eigenvalue weighted by Crippen LogP contribution is 2.04. The number of methoxy groups -OCH3 is 1. The van der Waals surface area contributed by atoms with Crippen molar-refractivity contribution in [2.24, 2.45) is 0 Å². The van der Waals surface area contributed by atoms with Gasteiger partial charge < -0.3 is 14.6 Å². The largest absolute Gasteiger partial charge is 0.385 e. The Morgan fingerprint density at radius 1 is 1.71 bits per heavy atom. The predicted octanol–water partition coefficient (Wildman–Crippen LogP) is 0.749. The van der Waals surface area contributed by atoms with Crippen LogP contribution in [0.3, 0.4) is 0 Å². The molecule has 0 saturated heterocycles. The molecule has 0 saturated carbocycles. The average Bonchev–Trinajstić information content (AvgIpc) is 2.59. The number of amides is 1. The normalized spacial score (nSPS) is 10.1. The monoisotopic (exact) mass is 198 g/mol. The second-order valence-electron chi connectivity index (χ2n) is 2.90. The van der Waals surface area contributed by atoms with Crippen molar-refractivity contribution in [3.63, 3.8) is 0 Å². The molecule has 5 nitrogen and oxygen atoms in total. The molecule has 1 N–H and O–H groups in total. The molecule has 0 atom stereocenters. The van der Waals surface area contributed by atoms with Gasteiger partial charge in [0.2, 0.25) is 0 Å². The number of rotatable bonds is 5. The maximum Gasteiger partial charge on any atom is 0.256 e. The molecule has 0 aliphatic carbocycles. The van der Waals surface area contributed by atoms with E-state index in [1.54, 1.807) is 14.0 Å². The molecule has 1 aromatic heterocycles. The van der Waals surface area contributed by atoms with Gasteiger partial charge in [0.05, 0.1) is 6.20 Å². The Balaban J connectivity index is 2.32. The SMILES string of the molecule is COCCCNC(=O)c1cnoc1C. The first kappa shape index (κ1) is 10.7. The Kier molecular flexibility index (Phi) is 4.12. The number of hydrogen-bond donors (Lipinski definition) is 1.